The smallest absolute Gasteiger partial charge is 0.269 e. The van der Waals surface area contributed by atoms with Gasteiger partial charge in [-0.3, -0.25) is 14.5 Å². The largest absolute Gasteiger partial charge is 0.345 e. The first kappa shape index (κ1) is 12.3. The summed E-state index contributed by atoms with van der Waals surface area (Å²) in [6, 6.07) is 16.8. The molecule has 1 saturated heterocycles. The number of carbonyl (C=O) groups excluding carboxylic acids is 2. The average molecular weight is 279 g/mol. The third kappa shape index (κ3) is 1.48. The number of likely N-dealkylation sites (N-methyl/N-ethyl adjacent to an activating group) is 1. The zero-order valence-corrected chi connectivity index (χ0v) is 11.4. The highest BCUT2D eigenvalue weighted by molar-refractivity contribution is 6.13. The second-order valence-electron chi connectivity index (χ2n) is 5.36. The lowest BCUT2D eigenvalue weighted by Gasteiger charge is -2.28. The van der Waals surface area contributed by atoms with E-state index in [-0.39, 0.29) is 17.9 Å². The van der Waals surface area contributed by atoms with Gasteiger partial charge in [0.25, 0.3) is 11.8 Å². The van der Waals surface area contributed by atoms with Gasteiger partial charge in [-0.2, -0.15) is 0 Å². The first-order chi connectivity index (χ1) is 10.2. The van der Waals surface area contributed by atoms with E-state index in [1.54, 1.807) is 18.2 Å². The van der Waals surface area contributed by atoms with Crippen LogP contribution in [0.15, 0.2) is 54.6 Å². The Kier molecular flexibility index (Phi) is 2.35. The zero-order valence-electron chi connectivity index (χ0n) is 11.4. The highest BCUT2D eigenvalue weighted by Crippen LogP contribution is 2.60. The van der Waals surface area contributed by atoms with E-state index >= 15 is 0 Å². The van der Waals surface area contributed by atoms with E-state index in [0.29, 0.717) is 11.1 Å². The van der Waals surface area contributed by atoms with Crippen molar-refractivity contribution in [3.8, 4) is 0 Å². The number of ether oxygens (including phenoxy) is 1. The summed E-state index contributed by atoms with van der Waals surface area (Å²) in [7, 11) is 1.51. The highest BCUT2D eigenvalue weighted by Gasteiger charge is 2.68. The van der Waals surface area contributed by atoms with Crippen LogP contribution < -0.4 is 0 Å². The van der Waals surface area contributed by atoms with Crippen LogP contribution in [-0.2, 0) is 15.1 Å². The molecule has 0 aromatic heterocycles. The Balaban J connectivity index is 1.88. The van der Waals surface area contributed by atoms with Gasteiger partial charge in [0, 0.05) is 18.2 Å². The van der Waals surface area contributed by atoms with Crippen molar-refractivity contribution in [3.63, 3.8) is 0 Å². The molecule has 0 radical (unpaired) electrons. The minimum atomic E-state index is -1.04. The van der Waals surface area contributed by atoms with Crippen LogP contribution in [0.3, 0.4) is 0 Å². The lowest BCUT2D eigenvalue weighted by molar-refractivity contribution is -0.134. The number of rotatable bonds is 1. The molecule has 104 valence electrons. The standard InChI is InChI=1S/C17H13NO3/c1-18-15(19)12-9-5-6-10-13(12)17(16(18)20)14(21-17)11-7-3-2-4-8-11/h2-10,14H,1H3. The minimum Gasteiger partial charge on any atom is -0.345 e. The first-order valence-corrected chi connectivity index (χ1v) is 6.81. The molecule has 2 aliphatic rings. The number of carbonyl (C=O) groups is 2. The summed E-state index contributed by atoms with van der Waals surface area (Å²) >= 11 is 0. The van der Waals surface area contributed by atoms with Gasteiger partial charge in [0.05, 0.1) is 0 Å². The number of fused-ring (bicyclic) bond motifs is 2. The maximum atomic E-state index is 12.6. The van der Waals surface area contributed by atoms with Crippen molar-refractivity contribution < 1.29 is 14.3 Å². The Labute approximate surface area is 121 Å². The SMILES string of the molecule is CN1C(=O)c2ccccc2C2(OC2c2ccccc2)C1=O. The monoisotopic (exact) mass is 279 g/mol. The Morgan fingerprint density at radius 3 is 2.43 bits per heavy atom. The van der Waals surface area contributed by atoms with Gasteiger partial charge in [0.2, 0.25) is 5.60 Å². The zero-order chi connectivity index (χ0) is 14.6. The molecule has 0 bridgehead atoms. The highest BCUT2D eigenvalue weighted by atomic mass is 16.6. The predicted molar refractivity (Wildman–Crippen MR) is 75.5 cm³/mol. The molecule has 1 fully saturated rings. The number of hydrogen-bond acceptors (Lipinski definition) is 3. The van der Waals surface area contributed by atoms with Crippen LogP contribution in [0.1, 0.15) is 27.6 Å². The molecule has 2 atom stereocenters. The molecule has 0 aliphatic carbocycles. The fraction of sp³-hybridized carbons (Fsp3) is 0.176. The molecule has 2 amide bonds. The predicted octanol–water partition coefficient (Wildman–Crippen LogP) is 2.27. The Morgan fingerprint density at radius 2 is 1.67 bits per heavy atom. The summed E-state index contributed by atoms with van der Waals surface area (Å²) < 4.78 is 5.85. The molecule has 4 nitrogen and oxygen atoms in total. The number of imide groups is 1. The molecule has 2 aromatic carbocycles. The first-order valence-electron chi connectivity index (χ1n) is 6.81. The van der Waals surface area contributed by atoms with Gasteiger partial charge in [0.1, 0.15) is 6.10 Å². The maximum Gasteiger partial charge on any atom is 0.269 e. The summed E-state index contributed by atoms with van der Waals surface area (Å²) in [5.41, 5.74) is 1.12. The fourth-order valence-electron chi connectivity index (χ4n) is 3.08. The van der Waals surface area contributed by atoms with Gasteiger partial charge >= 0.3 is 0 Å². The second kappa shape index (κ2) is 4.02. The normalized spacial score (nSPS) is 26.9. The summed E-state index contributed by atoms with van der Waals surface area (Å²) in [5.74, 6) is -0.566. The molecule has 4 rings (SSSR count). The molecule has 0 saturated carbocycles. The Morgan fingerprint density at radius 1 is 1.00 bits per heavy atom. The van der Waals surface area contributed by atoms with Crippen molar-refractivity contribution in [2.45, 2.75) is 11.7 Å². The topological polar surface area (TPSA) is 49.9 Å². The molecule has 2 aromatic rings. The van der Waals surface area contributed by atoms with E-state index in [1.807, 2.05) is 36.4 Å². The molecular weight excluding hydrogens is 266 g/mol. The molecule has 21 heavy (non-hydrogen) atoms. The van der Waals surface area contributed by atoms with Gasteiger partial charge < -0.3 is 4.74 Å². The molecule has 2 heterocycles. The summed E-state index contributed by atoms with van der Waals surface area (Å²) in [6.07, 6.45) is -0.331. The van der Waals surface area contributed by atoms with Crippen molar-refractivity contribution in [1.82, 2.24) is 4.90 Å². The van der Waals surface area contributed by atoms with Gasteiger partial charge in [-0.1, -0.05) is 48.5 Å². The van der Waals surface area contributed by atoms with Crippen LogP contribution in [0.5, 0.6) is 0 Å². The molecular formula is C17H13NO3. The van der Waals surface area contributed by atoms with Crippen molar-refractivity contribution >= 4 is 11.8 Å². The van der Waals surface area contributed by atoms with Crippen molar-refractivity contribution in [1.29, 1.82) is 0 Å². The van der Waals surface area contributed by atoms with E-state index in [9.17, 15) is 9.59 Å². The van der Waals surface area contributed by atoms with Crippen LogP contribution >= 0.6 is 0 Å². The number of amides is 2. The van der Waals surface area contributed by atoms with Crippen LogP contribution in [-0.4, -0.2) is 23.8 Å². The van der Waals surface area contributed by atoms with Gasteiger partial charge in [0.15, 0.2) is 0 Å². The quantitative estimate of drug-likeness (QED) is 0.594. The van der Waals surface area contributed by atoms with Crippen molar-refractivity contribution in [2.24, 2.45) is 0 Å². The number of hydrogen-bond donors (Lipinski definition) is 0. The molecule has 0 N–H and O–H groups in total. The van der Waals surface area contributed by atoms with Crippen LogP contribution in [0.4, 0.5) is 0 Å². The molecule has 2 aliphatic heterocycles. The third-order valence-corrected chi connectivity index (χ3v) is 4.20. The molecule has 2 unspecified atom stereocenters. The van der Waals surface area contributed by atoms with Crippen LogP contribution in [0.2, 0.25) is 0 Å². The van der Waals surface area contributed by atoms with Crippen molar-refractivity contribution in [3.05, 3.63) is 71.3 Å². The van der Waals surface area contributed by atoms with E-state index in [2.05, 4.69) is 0 Å². The Hall–Kier alpha value is -2.46. The lowest BCUT2D eigenvalue weighted by atomic mass is 9.84. The Bertz CT molecular complexity index is 756. The van der Waals surface area contributed by atoms with E-state index in [0.717, 1.165) is 10.5 Å². The summed E-state index contributed by atoms with van der Waals surface area (Å²) in [6.45, 7) is 0. The number of benzene rings is 2. The molecule has 1 spiro atoms. The van der Waals surface area contributed by atoms with Gasteiger partial charge in [-0.05, 0) is 11.6 Å². The summed E-state index contributed by atoms with van der Waals surface area (Å²) in [5, 5.41) is 0. The molecule has 4 heteroatoms. The van der Waals surface area contributed by atoms with E-state index in [1.165, 1.54) is 7.05 Å². The summed E-state index contributed by atoms with van der Waals surface area (Å²) in [4.78, 5) is 26.0. The third-order valence-electron chi connectivity index (χ3n) is 4.20. The number of epoxide rings is 1. The number of nitrogens with zero attached hydrogens (tertiary/aromatic N) is 1. The van der Waals surface area contributed by atoms with Crippen molar-refractivity contribution in [2.75, 3.05) is 7.05 Å². The van der Waals surface area contributed by atoms with Crippen LogP contribution in [0, 0.1) is 0 Å². The fourth-order valence-corrected chi connectivity index (χ4v) is 3.08. The average Bonchev–Trinajstić information content (AvgIpc) is 3.29. The second-order valence-corrected chi connectivity index (χ2v) is 5.36. The lowest BCUT2D eigenvalue weighted by Crippen LogP contribution is -2.47. The maximum absolute atomic E-state index is 12.6. The minimum absolute atomic E-state index is 0.275. The van der Waals surface area contributed by atoms with E-state index in [4.69, 9.17) is 4.74 Å². The van der Waals surface area contributed by atoms with Crippen LogP contribution in [0.25, 0.3) is 0 Å². The van der Waals surface area contributed by atoms with Gasteiger partial charge in [-0.15, -0.1) is 0 Å². The van der Waals surface area contributed by atoms with Gasteiger partial charge in [-0.25, -0.2) is 0 Å². The van der Waals surface area contributed by atoms with E-state index < -0.39 is 5.60 Å².